The minimum Gasteiger partial charge on any atom is -0.481 e. The molecule has 1 amide bonds. The summed E-state index contributed by atoms with van der Waals surface area (Å²) in [5, 5.41) is 9.40. The first-order valence-electron chi connectivity index (χ1n) is 8.78. The summed E-state index contributed by atoms with van der Waals surface area (Å²) in [7, 11) is 0. The number of aliphatic carboxylic acids is 1. The van der Waals surface area contributed by atoms with E-state index in [4.69, 9.17) is 0 Å². The number of carboxylic acids is 1. The van der Waals surface area contributed by atoms with Gasteiger partial charge >= 0.3 is 5.97 Å². The van der Waals surface area contributed by atoms with Gasteiger partial charge in [-0.25, -0.2) is 0 Å². The number of carbonyl (C=O) groups is 2. The molecule has 0 saturated carbocycles. The smallest absolute Gasteiger partial charge is 0.308 e. The predicted molar refractivity (Wildman–Crippen MR) is 104 cm³/mol. The lowest BCUT2D eigenvalue weighted by molar-refractivity contribution is -0.141. The lowest BCUT2D eigenvalue weighted by Gasteiger charge is -2.21. The van der Waals surface area contributed by atoms with Gasteiger partial charge in [-0.3, -0.25) is 9.59 Å². The molecule has 0 bridgehead atoms. The second-order valence-corrected chi connectivity index (χ2v) is 7.97. The normalized spacial score (nSPS) is 20.7. The molecule has 1 N–H and O–H groups in total. The molecule has 26 heavy (non-hydrogen) atoms. The fourth-order valence-electron chi connectivity index (χ4n) is 3.40. The van der Waals surface area contributed by atoms with Crippen LogP contribution in [0.1, 0.15) is 24.0 Å². The number of rotatable bonds is 6. The van der Waals surface area contributed by atoms with Crippen LogP contribution in [0.25, 0.3) is 0 Å². The number of amides is 1. The molecule has 1 aliphatic heterocycles. The van der Waals surface area contributed by atoms with E-state index in [9.17, 15) is 14.7 Å². The Labute approximate surface area is 158 Å². The van der Waals surface area contributed by atoms with E-state index in [1.165, 1.54) is 5.56 Å². The van der Waals surface area contributed by atoms with Crippen LogP contribution in [0.4, 0.5) is 0 Å². The van der Waals surface area contributed by atoms with Crippen molar-refractivity contribution in [3.63, 3.8) is 0 Å². The summed E-state index contributed by atoms with van der Waals surface area (Å²) >= 11 is 1.59. The van der Waals surface area contributed by atoms with Crippen LogP contribution in [-0.4, -0.2) is 40.2 Å². The molecule has 5 heteroatoms. The molecule has 0 aliphatic carbocycles. The van der Waals surface area contributed by atoms with Crippen molar-refractivity contribution in [3.8, 4) is 0 Å². The molecule has 1 heterocycles. The van der Waals surface area contributed by atoms with Crippen molar-refractivity contribution >= 4 is 23.6 Å². The van der Waals surface area contributed by atoms with Gasteiger partial charge < -0.3 is 10.0 Å². The average Bonchev–Trinajstić information content (AvgIpc) is 3.13. The SMILES string of the molecule is CC(SCc1ccccc1)C(=O)N1C[C@H](C(=O)O)[C@H](c2ccccc2)C1. The summed E-state index contributed by atoms with van der Waals surface area (Å²) in [6.07, 6.45) is 0. The quantitative estimate of drug-likeness (QED) is 0.845. The molecule has 1 saturated heterocycles. The van der Waals surface area contributed by atoms with E-state index in [0.29, 0.717) is 6.54 Å². The van der Waals surface area contributed by atoms with Gasteiger partial charge in [-0.15, -0.1) is 11.8 Å². The van der Waals surface area contributed by atoms with E-state index in [1.54, 1.807) is 16.7 Å². The van der Waals surface area contributed by atoms with Gasteiger partial charge in [0.1, 0.15) is 0 Å². The Hall–Kier alpha value is -2.27. The van der Waals surface area contributed by atoms with Crippen molar-refractivity contribution in [1.82, 2.24) is 4.90 Å². The van der Waals surface area contributed by atoms with Crippen LogP contribution in [0.15, 0.2) is 60.7 Å². The Kier molecular flexibility index (Phi) is 5.99. The third-order valence-corrected chi connectivity index (χ3v) is 6.07. The molecule has 0 aromatic heterocycles. The second-order valence-electron chi connectivity index (χ2n) is 6.64. The lowest BCUT2D eigenvalue weighted by atomic mass is 9.89. The average molecular weight is 369 g/mol. The van der Waals surface area contributed by atoms with Gasteiger partial charge in [0.05, 0.1) is 11.2 Å². The van der Waals surface area contributed by atoms with Gasteiger partial charge in [0.15, 0.2) is 0 Å². The monoisotopic (exact) mass is 369 g/mol. The fourth-order valence-corrected chi connectivity index (χ4v) is 4.32. The lowest BCUT2D eigenvalue weighted by Crippen LogP contribution is -2.35. The van der Waals surface area contributed by atoms with Crippen molar-refractivity contribution in [2.75, 3.05) is 13.1 Å². The fraction of sp³-hybridized carbons (Fsp3) is 0.333. The zero-order chi connectivity index (χ0) is 18.5. The van der Waals surface area contributed by atoms with Crippen LogP contribution in [0, 0.1) is 5.92 Å². The van der Waals surface area contributed by atoms with Gasteiger partial charge in [0.2, 0.25) is 5.91 Å². The molecule has 0 radical (unpaired) electrons. The molecule has 1 unspecified atom stereocenters. The number of thioether (sulfide) groups is 1. The van der Waals surface area contributed by atoms with Crippen molar-refractivity contribution in [2.45, 2.75) is 23.8 Å². The second kappa shape index (κ2) is 8.41. The van der Waals surface area contributed by atoms with Crippen LogP contribution in [0.5, 0.6) is 0 Å². The zero-order valence-corrected chi connectivity index (χ0v) is 15.6. The van der Waals surface area contributed by atoms with Gasteiger partial charge in [0.25, 0.3) is 0 Å². The molecule has 4 nitrogen and oxygen atoms in total. The van der Waals surface area contributed by atoms with Crippen LogP contribution in [-0.2, 0) is 15.3 Å². The molecule has 1 fully saturated rings. The largest absolute Gasteiger partial charge is 0.481 e. The Morgan fingerprint density at radius 1 is 1.08 bits per heavy atom. The number of carbonyl (C=O) groups excluding carboxylic acids is 1. The van der Waals surface area contributed by atoms with Crippen LogP contribution < -0.4 is 0 Å². The summed E-state index contributed by atoms with van der Waals surface area (Å²) < 4.78 is 0. The number of hydrogen-bond donors (Lipinski definition) is 1. The van der Waals surface area contributed by atoms with Gasteiger partial charge in [0, 0.05) is 24.8 Å². The third kappa shape index (κ3) is 4.28. The highest BCUT2D eigenvalue weighted by molar-refractivity contribution is 7.99. The van der Waals surface area contributed by atoms with Gasteiger partial charge in [-0.1, -0.05) is 60.7 Å². The topological polar surface area (TPSA) is 57.6 Å². The molecule has 0 spiro atoms. The van der Waals surface area contributed by atoms with Crippen molar-refractivity contribution < 1.29 is 14.7 Å². The molecular weight excluding hydrogens is 346 g/mol. The van der Waals surface area contributed by atoms with E-state index in [-0.39, 0.29) is 23.6 Å². The Morgan fingerprint density at radius 2 is 1.69 bits per heavy atom. The Bertz CT molecular complexity index is 750. The first kappa shape index (κ1) is 18.5. The van der Waals surface area contributed by atoms with E-state index < -0.39 is 11.9 Å². The van der Waals surface area contributed by atoms with Crippen LogP contribution >= 0.6 is 11.8 Å². The van der Waals surface area contributed by atoms with E-state index in [1.807, 2.05) is 67.6 Å². The minimum absolute atomic E-state index is 0.0237. The van der Waals surface area contributed by atoms with Gasteiger partial charge in [-0.2, -0.15) is 0 Å². The minimum atomic E-state index is -0.834. The van der Waals surface area contributed by atoms with Crippen LogP contribution in [0.3, 0.4) is 0 Å². The molecule has 1 aliphatic rings. The maximum absolute atomic E-state index is 12.8. The summed E-state index contributed by atoms with van der Waals surface area (Å²) in [4.78, 5) is 26.2. The number of benzene rings is 2. The first-order valence-corrected chi connectivity index (χ1v) is 9.83. The molecule has 3 atom stereocenters. The summed E-state index contributed by atoms with van der Waals surface area (Å²) in [6.45, 7) is 2.65. The predicted octanol–water partition coefficient (Wildman–Crippen LogP) is 3.64. The number of carboxylic acid groups (broad SMARTS) is 1. The van der Waals surface area contributed by atoms with Crippen molar-refractivity contribution in [3.05, 3.63) is 71.8 Å². The van der Waals surface area contributed by atoms with E-state index in [0.717, 1.165) is 11.3 Å². The maximum Gasteiger partial charge on any atom is 0.308 e. The van der Waals surface area contributed by atoms with Crippen molar-refractivity contribution in [1.29, 1.82) is 0 Å². The highest BCUT2D eigenvalue weighted by Gasteiger charge is 2.41. The molecule has 2 aromatic carbocycles. The number of hydrogen-bond acceptors (Lipinski definition) is 3. The summed E-state index contributed by atoms with van der Waals surface area (Å²) in [5.41, 5.74) is 2.17. The highest BCUT2D eigenvalue weighted by Crippen LogP contribution is 2.34. The number of nitrogens with zero attached hydrogens (tertiary/aromatic N) is 1. The first-order chi connectivity index (χ1) is 12.6. The summed E-state index contributed by atoms with van der Waals surface area (Å²) in [5.74, 6) is -0.738. The highest BCUT2D eigenvalue weighted by atomic mass is 32.2. The van der Waals surface area contributed by atoms with Gasteiger partial charge in [-0.05, 0) is 18.1 Å². The zero-order valence-electron chi connectivity index (χ0n) is 14.7. The van der Waals surface area contributed by atoms with Crippen molar-refractivity contribution in [2.24, 2.45) is 5.92 Å². The Balaban J connectivity index is 1.65. The molecule has 136 valence electrons. The standard InChI is InChI=1S/C21H23NO3S/c1-15(26-14-16-8-4-2-5-9-16)20(23)22-12-18(19(13-22)21(24)25)17-10-6-3-7-11-17/h2-11,15,18-19H,12-14H2,1H3,(H,24,25)/t15?,18-,19-/m0/s1. The maximum atomic E-state index is 12.8. The Morgan fingerprint density at radius 3 is 2.31 bits per heavy atom. The van der Waals surface area contributed by atoms with E-state index in [2.05, 4.69) is 0 Å². The third-order valence-electron chi connectivity index (χ3n) is 4.87. The molecule has 3 rings (SSSR count). The molecular formula is C21H23NO3S. The number of likely N-dealkylation sites (tertiary alicyclic amines) is 1. The van der Waals surface area contributed by atoms with Crippen LogP contribution in [0.2, 0.25) is 0 Å². The van der Waals surface area contributed by atoms with E-state index >= 15 is 0 Å². The molecule has 2 aromatic rings. The summed E-state index contributed by atoms with van der Waals surface area (Å²) in [6, 6.07) is 19.7.